The number of pyridine rings is 1. The number of aromatic nitrogens is 3. The molecule has 2 aromatic heterocycles. The van der Waals surface area contributed by atoms with Crippen LogP contribution in [-0.2, 0) is 6.54 Å². The Morgan fingerprint density at radius 1 is 0.969 bits per heavy atom. The van der Waals surface area contributed by atoms with Crippen molar-refractivity contribution >= 4 is 5.91 Å². The van der Waals surface area contributed by atoms with Gasteiger partial charge in [-0.3, -0.25) is 9.78 Å². The van der Waals surface area contributed by atoms with Crippen molar-refractivity contribution in [1.82, 2.24) is 20.3 Å². The Morgan fingerprint density at radius 3 is 2.47 bits per heavy atom. The summed E-state index contributed by atoms with van der Waals surface area (Å²) in [5.41, 5.74) is 4.47. The minimum absolute atomic E-state index is 0.0396. The first-order chi connectivity index (χ1) is 15.7. The molecule has 0 saturated heterocycles. The SMILES string of the molecule is O=C(NCc1ccc(-c2nc(C3CC3)ncc2-c2ccccn2)cc1)c1ccccc1F. The van der Waals surface area contributed by atoms with E-state index in [4.69, 9.17) is 4.98 Å². The van der Waals surface area contributed by atoms with E-state index in [9.17, 15) is 9.18 Å². The number of hydrogen-bond acceptors (Lipinski definition) is 4. The van der Waals surface area contributed by atoms with Gasteiger partial charge in [0.05, 0.1) is 17.0 Å². The molecule has 2 heterocycles. The monoisotopic (exact) mass is 424 g/mol. The highest BCUT2D eigenvalue weighted by molar-refractivity contribution is 5.94. The van der Waals surface area contributed by atoms with Crippen molar-refractivity contribution in [3.8, 4) is 22.5 Å². The fourth-order valence-electron chi connectivity index (χ4n) is 3.57. The zero-order valence-electron chi connectivity index (χ0n) is 17.3. The van der Waals surface area contributed by atoms with E-state index in [1.807, 2.05) is 48.7 Å². The number of hydrogen-bond donors (Lipinski definition) is 1. The molecule has 1 aliphatic carbocycles. The molecule has 6 heteroatoms. The van der Waals surface area contributed by atoms with E-state index in [0.717, 1.165) is 46.7 Å². The second kappa shape index (κ2) is 8.67. The van der Waals surface area contributed by atoms with Crippen molar-refractivity contribution in [2.75, 3.05) is 0 Å². The highest BCUT2D eigenvalue weighted by Gasteiger charge is 2.27. The summed E-state index contributed by atoms with van der Waals surface area (Å²) >= 11 is 0. The van der Waals surface area contributed by atoms with Crippen LogP contribution in [0.1, 0.15) is 40.5 Å². The summed E-state index contributed by atoms with van der Waals surface area (Å²) in [6.07, 6.45) is 5.88. The first-order valence-corrected chi connectivity index (χ1v) is 10.6. The summed E-state index contributed by atoms with van der Waals surface area (Å²) in [5, 5.41) is 2.77. The average Bonchev–Trinajstić information content (AvgIpc) is 3.69. The first-order valence-electron chi connectivity index (χ1n) is 10.6. The Bertz CT molecular complexity index is 1250. The van der Waals surface area contributed by atoms with Crippen LogP contribution in [0.2, 0.25) is 0 Å². The van der Waals surface area contributed by atoms with E-state index in [1.165, 1.54) is 12.1 Å². The zero-order valence-corrected chi connectivity index (χ0v) is 17.3. The molecule has 1 amide bonds. The van der Waals surface area contributed by atoms with Crippen LogP contribution in [0.4, 0.5) is 4.39 Å². The van der Waals surface area contributed by atoms with Gasteiger partial charge in [0, 0.05) is 36.0 Å². The molecule has 1 N–H and O–H groups in total. The molecular formula is C26H21FN4O. The van der Waals surface area contributed by atoms with Crippen LogP contribution in [0.25, 0.3) is 22.5 Å². The van der Waals surface area contributed by atoms with Crippen molar-refractivity contribution in [2.24, 2.45) is 0 Å². The Hall–Kier alpha value is -3.93. The molecule has 0 bridgehead atoms. The maximum atomic E-state index is 13.8. The van der Waals surface area contributed by atoms with Gasteiger partial charge in [-0.15, -0.1) is 0 Å². The average molecular weight is 424 g/mol. The van der Waals surface area contributed by atoms with Gasteiger partial charge in [-0.25, -0.2) is 14.4 Å². The predicted octanol–water partition coefficient (Wildman–Crippen LogP) is 5.15. The third-order valence-electron chi connectivity index (χ3n) is 5.49. The molecule has 5 nitrogen and oxygen atoms in total. The fraction of sp³-hybridized carbons (Fsp3) is 0.154. The van der Waals surface area contributed by atoms with Gasteiger partial charge in [-0.1, -0.05) is 42.5 Å². The molecule has 0 spiro atoms. The van der Waals surface area contributed by atoms with Crippen LogP contribution in [0.15, 0.2) is 79.1 Å². The quantitative estimate of drug-likeness (QED) is 0.465. The van der Waals surface area contributed by atoms with Crippen molar-refractivity contribution in [1.29, 1.82) is 0 Å². The molecule has 158 valence electrons. The number of amides is 1. The van der Waals surface area contributed by atoms with Gasteiger partial charge in [0.1, 0.15) is 11.6 Å². The van der Waals surface area contributed by atoms with Crippen LogP contribution < -0.4 is 5.32 Å². The molecule has 0 unspecified atom stereocenters. The summed E-state index contributed by atoms with van der Waals surface area (Å²) in [6, 6.07) is 19.6. The molecule has 4 aromatic rings. The van der Waals surface area contributed by atoms with Crippen molar-refractivity contribution in [3.05, 3.63) is 102 Å². The lowest BCUT2D eigenvalue weighted by atomic mass is 10.0. The number of halogens is 1. The summed E-state index contributed by atoms with van der Waals surface area (Å²) in [4.78, 5) is 26.2. The van der Waals surface area contributed by atoms with Gasteiger partial charge < -0.3 is 5.32 Å². The lowest BCUT2D eigenvalue weighted by Gasteiger charge is -2.11. The smallest absolute Gasteiger partial charge is 0.254 e. The van der Waals surface area contributed by atoms with Crippen LogP contribution in [0.3, 0.4) is 0 Å². The Morgan fingerprint density at radius 2 is 1.75 bits per heavy atom. The summed E-state index contributed by atoms with van der Waals surface area (Å²) in [6.45, 7) is 0.303. The fourth-order valence-corrected chi connectivity index (χ4v) is 3.57. The maximum Gasteiger partial charge on any atom is 0.254 e. The molecule has 2 aromatic carbocycles. The molecule has 0 aliphatic heterocycles. The predicted molar refractivity (Wildman–Crippen MR) is 120 cm³/mol. The topological polar surface area (TPSA) is 67.8 Å². The van der Waals surface area contributed by atoms with Crippen molar-refractivity contribution in [3.63, 3.8) is 0 Å². The van der Waals surface area contributed by atoms with Crippen LogP contribution in [0, 0.1) is 5.82 Å². The Kier molecular flexibility index (Phi) is 5.42. The summed E-state index contributed by atoms with van der Waals surface area (Å²) in [5.74, 6) is 0.354. The van der Waals surface area contributed by atoms with Gasteiger partial charge in [-0.05, 0) is 42.7 Å². The molecular weight excluding hydrogens is 403 g/mol. The largest absolute Gasteiger partial charge is 0.348 e. The van der Waals surface area contributed by atoms with E-state index in [1.54, 1.807) is 18.3 Å². The number of carbonyl (C=O) groups excluding carboxylic acids is 1. The van der Waals surface area contributed by atoms with Gasteiger partial charge in [0.25, 0.3) is 5.91 Å². The third kappa shape index (κ3) is 4.25. The van der Waals surface area contributed by atoms with E-state index < -0.39 is 11.7 Å². The number of nitrogens with zero attached hydrogens (tertiary/aromatic N) is 3. The normalized spacial score (nSPS) is 13.0. The highest BCUT2D eigenvalue weighted by atomic mass is 19.1. The molecule has 5 rings (SSSR count). The number of benzene rings is 2. The van der Waals surface area contributed by atoms with Gasteiger partial charge in [0.15, 0.2) is 0 Å². The van der Waals surface area contributed by atoms with Crippen molar-refractivity contribution < 1.29 is 9.18 Å². The number of rotatable bonds is 6. The second-order valence-corrected chi connectivity index (χ2v) is 7.84. The lowest BCUT2D eigenvalue weighted by molar-refractivity contribution is 0.0947. The molecule has 0 radical (unpaired) electrons. The van der Waals surface area contributed by atoms with Crippen LogP contribution in [0.5, 0.6) is 0 Å². The second-order valence-electron chi connectivity index (χ2n) is 7.84. The van der Waals surface area contributed by atoms with Crippen LogP contribution in [-0.4, -0.2) is 20.9 Å². The minimum atomic E-state index is -0.530. The van der Waals surface area contributed by atoms with Crippen LogP contribution >= 0.6 is 0 Å². The van der Waals surface area contributed by atoms with Gasteiger partial charge >= 0.3 is 0 Å². The molecule has 32 heavy (non-hydrogen) atoms. The van der Waals surface area contributed by atoms with Gasteiger partial charge in [-0.2, -0.15) is 0 Å². The molecule has 1 fully saturated rings. The molecule has 1 saturated carbocycles. The first kappa shape index (κ1) is 20.0. The molecule has 1 aliphatic rings. The molecule has 0 atom stereocenters. The van der Waals surface area contributed by atoms with E-state index >= 15 is 0 Å². The van der Waals surface area contributed by atoms with Gasteiger partial charge in [0.2, 0.25) is 0 Å². The number of nitrogens with one attached hydrogen (secondary N) is 1. The highest BCUT2D eigenvalue weighted by Crippen LogP contribution is 2.40. The zero-order chi connectivity index (χ0) is 21.9. The lowest BCUT2D eigenvalue weighted by Crippen LogP contribution is -2.23. The third-order valence-corrected chi connectivity index (χ3v) is 5.49. The Balaban J connectivity index is 1.38. The summed E-state index contributed by atoms with van der Waals surface area (Å²) < 4.78 is 13.8. The van der Waals surface area contributed by atoms with E-state index in [-0.39, 0.29) is 5.56 Å². The number of carbonyl (C=O) groups is 1. The standard InChI is InChI=1S/C26H21FN4O/c27-22-6-2-1-5-20(22)26(32)30-15-17-8-10-18(11-9-17)24-21(23-7-3-4-14-28-23)16-29-25(31-24)19-12-13-19/h1-11,14,16,19H,12-13,15H2,(H,30,32). The van der Waals surface area contributed by atoms with Crippen molar-refractivity contribution in [2.45, 2.75) is 25.3 Å². The van der Waals surface area contributed by atoms with E-state index in [0.29, 0.717) is 12.5 Å². The van der Waals surface area contributed by atoms with E-state index in [2.05, 4.69) is 15.3 Å². The Labute approximate surface area is 185 Å². The summed E-state index contributed by atoms with van der Waals surface area (Å²) in [7, 11) is 0. The minimum Gasteiger partial charge on any atom is -0.348 e. The maximum absolute atomic E-state index is 13.8.